The van der Waals surface area contributed by atoms with Crippen molar-refractivity contribution in [2.45, 2.75) is 13.3 Å². The van der Waals surface area contributed by atoms with Gasteiger partial charge in [0.25, 0.3) is 0 Å². The summed E-state index contributed by atoms with van der Waals surface area (Å²) < 4.78 is 10.5. The number of halogens is 1. The fourth-order valence-electron chi connectivity index (χ4n) is 2.49. The number of anilines is 1. The first-order chi connectivity index (χ1) is 10.0. The Hall–Kier alpha value is -1.56. The second kappa shape index (κ2) is 6.47. The molecule has 1 amide bonds. The summed E-state index contributed by atoms with van der Waals surface area (Å²) in [4.78, 5) is 25.8. The van der Waals surface area contributed by atoms with E-state index < -0.39 is 0 Å². The summed E-state index contributed by atoms with van der Waals surface area (Å²) in [5, 5.41) is 0.762. The van der Waals surface area contributed by atoms with Crippen LogP contribution in [0.2, 0.25) is 0 Å². The molecule has 1 aromatic rings. The number of amides is 1. The summed E-state index contributed by atoms with van der Waals surface area (Å²) in [6, 6.07) is 3.33. The third-order valence-electron chi connectivity index (χ3n) is 3.60. The highest BCUT2D eigenvalue weighted by molar-refractivity contribution is 9.09. The molecule has 114 valence electrons. The highest BCUT2D eigenvalue weighted by Gasteiger charge is 2.32. The maximum atomic E-state index is 12.2. The zero-order chi connectivity index (χ0) is 15.6. The van der Waals surface area contributed by atoms with E-state index in [0.717, 1.165) is 5.33 Å². The number of benzene rings is 1. The van der Waals surface area contributed by atoms with Crippen LogP contribution in [0.15, 0.2) is 12.1 Å². The third kappa shape index (κ3) is 3.05. The van der Waals surface area contributed by atoms with Crippen LogP contribution in [0.5, 0.6) is 11.5 Å². The molecule has 0 spiro atoms. The van der Waals surface area contributed by atoms with Crippen LogP contribution in [0.4, 0.5) is 5.69 Å². The zero-order valence-electron chi connectivity index (χ0n) is 12.3. The van der Waals surface area contributed by atoms with Crippen LogP contribution in [0, 0.1) is 5.92 Å². The highest BCUT2D eigenvalue weighted by atomic mass is 79.9. The molecule has 0 radical (unpaired) electrons. The molecule has 1 saturated heterocycles. The number of carbonyl (C=O) groups excluding carboxylic acids is 2. The maximum absolute atomic E-state index is 12.2. The maximum Gasteiger partial charge on any atom is 0.227 e. The molecule has 1 aliphatic rings. The molecule has 0 aromatic heterocycles. The van der Waals surface area contributed by atoms with E-state index in [1.165, 1.54) is 21.1 Å². The standard InChI is InChI=1S/C15H18BrNO4/c1-9(18)11-5-13(20-2)14(21-3)6-12(11)17-8-10(7-16)4-15(17)19/h5-6,10H,4,7-8H2,1-3H3. The van der Waals surface area contributed by atoms with Crippen LogP contribution < -0.4 is 14.4 Å². The lowest BCUT2D eigenvalue weighted by atomic mass is 10.1. The number of carbonyl (C=O) groups is 2. The Morgan fingerprint density at radius 1 is 1.33 bits per heavy atom. The molecule has 0 aliphatic carbocycles. The van der Waals surface area contributed by atoms with Crippen LogP contribution in [0.25, 0.3) is 0 Å². The van der Waals surface area contributed by atoms with Gasteiger partial charge in [-0.25, -0.2) is 0 Å². The molecule has 1 fully saturated rings. The first-order valence-corrected chi connectivity index (χ1v) is 7.77. The summed E-state index contributed by atoms with van der Waals surface area (Å²) in [5.41, 5.74) is 1.06. The second-order valence-electron chi connectivity index (χ2n) is 5.01. The van der Waals surface area contributed by atoms with Crippen molar-refractivity contribution in [3.8, 4) is 11.5 Å². The molecule has 1 unspecified atom stereocenters. The van der Waals surface area contributed by atoms with Crippen molar-refractivity contribution in [2.75, 3.05) is 31.0 Å². The number of methoxy groups -OCH3 is 2. The lowest BCUT2D eigenvalue weighted by Gasteiger charge is -2.21. The molecule has 1 aliphatic heterocycles. The quantitative estimate of drug-likeness (QED) is 0.601. The lowest BCUT2D eigenvalue weighted by Crippen LogP contribution is -2.26. The number of alkyl halides is 1. The molecule has 1 atom stereocenters. The van der Waals surface area contributed by atoms with Crippen LogP contribution in [0.3, 0.4) is 0 Å². The molecule has 5 nitrogen and oxygen atoms in total. The van der Waals surface area contributed by atoms with Gasteiger partial charge in [-0.15, -0.1) is 0 Å². The van der Waals surface area contributed by atoms with Gasteiger partial charge in [0, 0.05) is 29.9 Å². The second-order valence-corrected chi connectivity index (χ2v) is 5.66. The van der Waals surface area contributed by atoms with Crippen molar-refractivity contribution < 1.29 is 19.1 Å². The van der Waals surface area contributed by atoms with E-state index in [-0.39, 0.29) is 17.6 Å². The summed E-state index contributed by atoms with van der Waals surface area (Å²) in [6.45, 7) is 2.08. The normalized spacial score (nSPS) is 18.0. The van der Waals surface area contributed by atoms with Gasteiger partial charge in [-0.05, 0) is 18.9 Å². The molecule has 6 heteroatoms. The molecule has 1 aromatic carbocycles. The van der Waals surface area contributed by atoms with Gasteiger partial charge in [-0.1, -0.05) is 15.9 Å². The van der Waals surface area contributed by atoms with E-state index in [9.17, 15) is 9.59 Å². The number of nitrogens with zero attached hydrogens (tertiary/aromatic N) is 1. The monoisotopic (exact) mass is 355 g/mol. The Morgan fingerprint density at radius 3 is 2.43 bits per heavy atom. The number of ether oxygens (including phenoxy) is 2. The smallest absolute Gasteiger partial charge is 0.227 e. The number of hydrogen-bond acceptors (Lipinski definition) is 4. The Morgan fingerprint density at radius 2 is 1.95 bits per heavy atom. The van der Waals surface area contributed by atoms with Gasteiger partial charge < -0.3 is 14.4 Å². The number of hydrogen-bond donors (Lipinski definition) is 0. The van der Waals surface area contributed by atoms with Gasteiger partial charge in [0.1, 0.15) is 0 Å². The van der Waals surface area contributed by atoms with Crippen molar-refractivity contribution in [3.05, 3.63) is 17.7 Å². The van der Waals surface area contributed by atoms with E-state index in [1.54, 1.807) is 17.0 Å². The fraction of sp³-hybridized carbons (Fsp3) is 0.467. The van der Waals surface area contributed by atoms with Crippen LogP contribution >= 0.6 is 15.9 Å². The van der Waals surface area contributed by atoms with Crippen molar-refractivity contribution in [3.63, 3.8) is 0 Å². The molecule has 2 rings (SSSR count). The zero-order valence-corrected chi connectivity index (χ0v) is 13.9. The van der Waals surface area contributed by atoms with E-state index in [1.807, 2.05) is 0 Å². The largest absolute Gasteiger partial charge is 0.493 e. The van der Waals surface area contributed by atoms with Gasteiger partial charge >= 0.3 is 0 Å². The summed E-state index contributed by atoms with van der Waals surface area (Å²) in [6.07, 6.45) is 0.483. The summed E-state index contributed by atoms with van der Waals surface area (Å²) in [5.74, 6) is 1.16. The van der Waals surface area contributed by atoms with Crippen LogP contribution in [0.1, 0.15) is 23.7 Å². The Labute approximate surface area is 132 Å². The average Bonchev–Trinajstić information content (AvgIpc) is 2.86. The van der Waals surface area contributed by atoms with E-state index in [0.29, 0.717) is 35.7 Å². The molecule has 21 heavy (non-hydrogen) atoms. The number of Topliss-reactive ketones (excluding diaryl/α,β-unsaturated/α-hetero) is 1. The van der Waals surface area contributed by atoms with Crippen molar-refractivity contribution in [1.82, 2.24) is 0 Å². The van der Waals surface area contributed by atoms with Crippen LogP contribution in [-0.2, 0) is 4.79 Å². The van der Waals surface area contributed by atoms with Gasteiger partial charge in [0.05, 0.1) is 19.9 Å². The molecule has 0 saturated carbocycles. The van der Waals surface area contributed by atoms with E-state index in [2.05, 4.69) is 15.9 Å². The SMILES string of the molecule is COc1cc(C(C)=O)c(N2CC(CBr)CC2=O)cc1OC. The fourth-order valence-corrected chi connectivity index (χ4v) is 2.92. The highest BCUT2D eigenvalue weighted by Crippen LogP contribution is 2.37. The van der Waals surface area contributed by atoms with Crippen molar-refractivity contribution in [1.29, 1.82) is 0 Å². The molecule has 1 heterocycles. The topological polar surface area (TPSA) is 55.8 Å². The Kier molecular flexibility index (Phi) is 4.88. The van der Waals surface area contributed by atoms with E-state index >= 15 is 0 Å². The van der Waals surface area contributed by atoms with Gasteiger partial charge in [0.2, 0.25) is 5.91 Å². The molecule has 0 N–H and O–H groups in total. The molecule has 0 bridgehead atoms. The summed E-state index contributed by atoms with van der Waals surface area (Å²) >= 11 is 3.41. The van der Waals surface area contributed by atoms with E-state index in [4.69, 9.17) is 9.47 Å². The minimum atomic E-state index is -0.110. The number of ketones is 1. The minimum absolute atomic E-state index is 0.0224. The average molecular weight is 356 g/mol. The third-order valence-corrected chi connectivity index (χ3v) is 4.51. The number of rotatable bonds is 5. The van der Waals surface area contributed by atoms with Crippen LogP contribution in [-0.4, -0.2) is 37.8 Å². The molecular formula is C15H18BrNO4. The molecular weight excluding hydrogens is 338 g/mol. The lowest BCUT2D eigenvalue weighted by molar-refractivity contribution is -0.117. The van der Waals surface area contributed by atoms with Crippen molar-refractivity contribution in [2.24, 2.45) is 5.92 Å². The van der Waals surface area contributed by atoms with Gasteiger partial charge in [-0.3, -0.25) is 9.59 Å². The minimum Gasteiger partial charge on any atom is -0.493 e. The van der Waals surface area contributed by atoms with Gasteiger partial charge in [0.15, 0.2) is 17.3 Å². The first kappa shape index (κ1) is 15.8. The van der Waals surface area contributed by atoms with Gasteiger partial charge in [-0.2, -0.15) is 0 Å². The predicted molar refractivity (Wildman–Crippen MR) is 83.8 cm³/mol. The summed E-state index contributed by atoms with van der Waals surface area (Å²) in [7, 11) is 3.05. The Balaban J connectivity index is 2.51. The van der Waals surface area contributed by atoms with Crippen molar-refractivity contribution >= 4 is 33.3 Å². The Bertz CT molecular complexity index is 573. The predicted octanol–water partition coefficient (Wildman–Crippen LogP) is 2.65. The first-order valence-electron chi connectivity index (χ1n) is 6.65.